The van der Waals surface area contributed by atoms with Crippen LogP contribution in [0.1, 0.15) is 33.3 Å². The molecular weight excluding hydrogens is 300 g/mol. The molecule has 0 fully saturated rings. The molecule has 0 unspecified atom stereocenters. The molecule has 0 aliphatic heterocycles. The first kappa shape index (κ1) is 14.3. The average molecular weight is 314 g/mol. The third-order valence-corrected chi connectivity index (χ3v) is 3.98. The Morgan fingerprint density at radius 3 is 2.64 bits per heavy atom. The molecule has 2 aromatic heterocycles. The topological polar surface area (TPSA) is 85.6 Å². The lowest BCUT2D eigenvalue weighted by Crippen LogP contribution is -2.26. The highest BCUT2D eigenvalue weighted by molar-refractivity contribution is 7.13. The highest BCUT2D eigenvalue weighted by Crippen LogP contribution is 2.16. The number of nitrogens with one attached hydrogen (secondary N) is 1. The van der Waals surface area contributed by atoms with Crippen LogP contribution in [0.5, 0.6) is 0 Å². The van der Waals surface area contributed by atoms with Crippen LogP contribution in [-0.2, 0) is 0 Å². The van der Waals surface area contributed by atoms with Gasteiger partial charge in [-0.05, 0) is 31.5 Å². The molecule has 7 nitrogen and oxygen atoms in total. The maximum atomic E-state index is 12.1. The molecule has 112 valence electrons. The minimum absolute atomic E-state index is 0.124. The fraction of sp³-hybridized carbons (Fsp3) is 0.214. The van der Waals surface area contributed by atoms with E-state index in [1.807, 2.05) is 38.1 Å². The Bertz CT molecular complexity index is 765. The van der Waals surface area contributed by atoms with Gasteiger partial charge >= 0.3 is 0 Å². The van der Waals surface area contributed by atoms with Gasteiger partial charge in [0.1, 0.15) is 17.7 Å². The van der Waals surface area contributed by atoms with Crippen LogP contribution in [0.2, 0.25) is 0 Å². The van der Waals surface area contributed by atoms with Crippen LogP contribution in [0.3, 0.4) is 0 Å². The zero-order valence-electron chi connectivity index (χ0n) is 12.1. The van der Waals surface area contributed by atoms with Crippen LogP contribution in [0.15, 0.2) is 36.9 Å². The lowest BCUT2D eigenvalue weighted by Gasteiger charge is -2.13. The van der Waals surface area contributed by atoms with Crippen molar-refractivity contribution < 1.29 is 4.79 Å². The SMILES string of the molecule is Cc1nnc(C(=O)N[C@@H](C)c2ccc(-n3cncn3)cc2)s1. The van der Waals surface area contributed by atoms with Crippen molar-refractivity contribution in [1.82, 2.24) is 30.3 Å². The molecule has 22 heavy (non-hydrogen) atoms. The molecule has 0 radical (unpaired) electrons. The third kappa shape index (κ3) is 3.01. The summed E-state index contributed by atoms with van der Waals surface area (Å²) in [6, 6.07) is 7.64. The van der Waals surface area contributed by atoms with E-state index in [0.717, 1.165) is 16.3 Å². The quantitative estimate of drug-likeness (QED) is 0.795. The predicted octanol–water partition coefficient (Wildman–Crippen LogP) is 1.92. The van der Waals surface area contributed by atoms with E-state index in [4.69, 9.17) is 0 Å². The van der Waals surface area contributed by atoms with Crippen LogP contribution in [0.25, 0.3) is 5.69 Å². The molecule has 1 N–H and O–H groups in total. The van der Waals surface area contributed by atoms with Crippen molar-refractivity contribution in [2.75, 3.05) is 0 Å². The minimum atomic E-state index is -0.210. The van der Waals surface area contributed by atoms with Gasteiger partial charge in [-0.1, -0.05) is 23.5 Å². The fourth-order valence-corrected chi connectivity index (χ4v) is 2.58. The normalized spacial score (nSPS) is 12.1. The van der Waals surface area contributed by atoms with E-state index in [1.54, 1.807) is 11.0 Å². The molecule has 0 bridgehead atoms. The molecular formula is C14H14N6OS. The molecule has 1 amide bonds. The van der Waals surface area contributed by atoms with Crippen molar-refractivity contribution in [2.45, 2.75) is 19.9 Å². The molecule has 1 aromatic carbocycles. The highest BCUT2D eigenvalue weighted by atomic mass is 32.1. The van der Waals surface area contributed by atoms with Gasteiger partial charge in [-0.3, -0.25) is 4.79 Å². The number of hydrogen-bond acceptors (Lipinski definition) is 6. The molecule has 3 aromatic rings. The largest absolute Gasteiger partial charge is 0.343 e. The number of benzene rings is 1. The second-order valence-corrected chi connectivity index (χ2v) is 5.93. The Balaban J connectivity index is 1.69. The van der Waals surface area contributed by atoms with Crippen molar-refractivity contribution in [2.24, 2.45) is 0 Å². The first-order chi connectivity index (χ1) is 10.6. The number of nitrogens with zero attached hydrogens (tertiary/aromatic N) is 5. The smallest absolute Gasteiger partial charge is 0.282 e. The zero-order chi connectivity index (χ0) is 15.5. The number of carbonyl (C=O) groups excluding carboxylic acids is 1. The fourth-order valence-electron chi connectivity index (χ4n) is 1.99. The lowest BCUT2D eigenvalue weighted by atomic mass is 10.1. The molecule has 1 atom stereocenters. The summed E-state index contributed by atoms with van der Waals surface area (Å²) in [6.07, 6.45) is 3.12. The number of rotatable bonds is 4. The Morgan fingerprint density at radius 1 is 1.27 bits per heavy atom. The van der Waals surface area contributed by atoms with E-state index in [1.165, 1.54) is 17.7 Å². The Hall–Kier alpha value is -2.61. The van der Waals surface area contributed by atoms with Crippen molar-refractivity contribution in [1.29, 1.82) is 0 Å². The van der Waals surface area contributed by atoms with Crippen molar-refractivity contribution in [3.8, 4) is 5.69 Å². The van der Waals surface area contributed by atoms with E-state index in [0.29, 0.717) is 5.01 Å². The van der Waals surface area contributed by atoms with Gasteiger partial charge in [0.2, 0.25) is 5.01 Å². The van der Waals surface area contributed by atoms with Gasteiger partial charge in [-0.2, -0.15) is 5.10 Å². The number of aromatic nitrogens is 5. The van der Waals surface area contributed by atoms with E-state index >= 15 is 0 Å². The molecule has 0 saturated carbocycles. The second-order valence-electron chi connectivity index (χ2n) is 4.75. The van der Waals surface area contributed by atoms with Crippen LogP contribution in [-0.4, -0.2) is 30.9 Å². The summed E-state index contributed by atoms with van der Waals surface area (Å²) >= 11 is 1.28. The second kappa shape index (κ2) is 6.02. The van der Waals surface area contributed by atoms with Gasteiger partial charge in [0.15, 0.2) is 0 Å². The molecule has 3 rings (SSSR count). The first-order valence-electron chi connectivity index (χ1n) is 6.69. The third-order valence-electron chi connectivity index (χ3n) is 3.14. The Morgan fingerprint density at radius 2 is 2.05 bits per heavy atom. The summed E-state index contributed by atoms with van der Waals surface area (Å²) in [6.45, 7) is 3.75. The maximum Gasteiger partial charge on any atom is 0.282 e. The van der Waals surface area contributed by atoms with Gasteiger partial charge in [0, 0.05) is 0 Å². The molecule has 8 heteroatoms. The van der Waals surface area contributed by atoms with E-state index < -0.39 is 0 Å². The van der Waals surface area contributed by atoms with Crippen LogP contribution < -0.4 is 5.32 Å². The van der Waals surface area contributed by atoms with Crippen molar-refractivity contribution >= 4 is 17.2 Å². The van der Waals surface area contributed by atoms with Gasteiger partial charge in [-0.25, -0.2) is 9.67 Å². The Labute approximate surface area is 131 Å². The molecule has 2 heterocycles. The van der Waals surface area contributed by atoms with Crippen LogP contribution in [0.4, 0.5) is 0 Å². The number of hydrogen-bond donors (Lipinski definition) is 1. The first-order valence-corrected chi connectivity index (χ1v) is 7.51. The molecule has 0 aliphatic carbocycles. The highest BCUT2D eigenvalue weighted by Gasteiger charge is 2.15. The predicted molar refractivity (Wildman–Crippen MR) is 81.9 cm³/mol. The summed E-state index contributed by atoms with van der Waals surface area (Å²) in [4.78, 5) is 16.0. The summed E-state index contributed by atoms with van der Waals surface area (Å²) < 4.78 is 1.68. The number of aryl methyl sites for hydroxylation is 1. The summed E-state index contributed by atoms with van der Waals surface area (Å²) in [5, 5.41) is 15.8. The molecule has 0 saturated heterocycles. The van der Waals surface area contributed by atoms with Crippen molar-refractivity contribution in [3.05, 3.63) is 52.5 Å². The summed E-state index contributed by atoms with van der Waals surface area (Å²) in [5.41, 5.74) is 1.91. The van der Waals surface area contributed by atoms with Gasteiger partial charge in [0.25, 0.3) is 5.91 Å². The van der Waals surface area contributed by atoms with E-state index in [-0.39, 0.29) is 11.9 Å². The van der Waals surface area contributed by atoms with Gasteiger partial charge < -0.3 is 5.32 Å². The van der Waals surface area contributed by atoms with E-state index in [2.05, 4.69) is 25.6 Å². The molecule has 0 spiro atoms. The van der Waals surface area contributed by atoms with Crippen LogP contribution in [0, 0.1) is 6.92 Å². The standard InChI is InChI=1S/C14H14N6OS/c1-9(17-13(21)14-19-18-10(2)22-14)11-3-5-12(6-4-11)20-8-15-7-16-20/h3-9H,1-2H3,(H,17,21)/t9-/m0/s1. The van der Waals surface area contributed by atoms with Gasteiger partial charge in [-0.15, -0.1) is 10.2 Å². The molecule has 0 aliphatic rings. The van der Waals surface area contributed by atoms with Gasteiger partial charge in [0.05, 0.1) is 11.7 Å². The Kier molecular flexibility index (Phi) is 3.92. The average Bonchev–Trinajstić information content (AvgIpc) is 3.18. The number of carbonyl (C=O) groups is 1. The minimum Gasteiger partial charge on any atom is -0.343 e. The lowest BCUT2D eigenvalue weighted by molar-refractivity contribution is 0.0939. The monoisotopic (exact) mass is 314 g/mol. The number of amides is 1. The maximum absolute atomic E-state index is 12.1. The summed E-state index contributed by atoms with van der Waals surface area (Å²) in [5.74, 6) is -0.210. The van der Waals surface area contributed by atoms with Crippen LogP contribution >= 0.6 is 11.3 Å². The van der Waals surface area contributed by atoms with E-state index in [9.17, 15) is 4.79 Å². The zero-order valence-corrected chi connectivity index (χ0v) is 12.9. The summed E-state index contributed by atoms with van der Waals surface area (Å²) in [7, 11) is 0. The van der Waals surface area contributed by atoms with Crippen molar-refractivity contribution in [3.63, 3.8) is 0 Å².